The molecule has 0 spiro atoms. The van der Waals surface area contributed by atoms with Crippen LogP contribution >= 0.6 is 22.7 Å². The molecule has 1 N–H and O–H groups in total. The van der Waals surface area contributed by atoms with Gasteiger partial charge in [-0.1, -0.05) is 12.1 Å². The number of rotatable bonds is 5. The van der Waals surface area contributed by atoms with E-state index < -0.39 is 0 Å². The number of fused-ring (bicyclic) bond motifs is 1. The van der Waals surface area contributed by atoms with Crippen molar-refractivity contribution in [2.24, 2.45) is 0 Å². The summed E-state index contributed by atoms with van der Waals surface area (Å²) in [4.78, 5) is 21.3. The van der Waals surface area contributed by atoms with E-state index in [-0.39, 0.29) is 5.91 Å². The average Bonchev–Trinajstić information content (AvgIpc) is 3.08. The number of para-hydroxylation sites is 1. The maximum Gasteiger partial charge on any atom is 0.263 e. The predicted octanol–water partition coefficient (Wildman–Crippen LogP) is 3.42. The first kappa shape index (κ1) is 14.2. The van der Waals surface area contributed by atoms with Crippen LogP contribution < -0.4 is 5.32 Å². The van der Waals surface area contributed by atoms with E-state index in [4.69, 9.17) is 0 Å². The molecule has 6 heteroatoms. The molecule has 0 atom stereocenters. The number of nitrogens with one attached hydrogen (secondary N) is 1. The Kier molecular flexibility index (Phi) is 4.26. The SMILES string of the molecule is Cc1ncsc1C(=O)NCCCc1nc2ccccc2s1. The van der Waals surface area contributed by atoms with Crippen LogP contribution in [0.1, 0.15) is 26.8 Å². The first-order valence-corrected chi connectivity index (χ1v) is 8.46. The number of carbonyl (C=O) groups is 1. The van der Waals surface area contributed by atoms with Crippen molar-refractivity contribution < 1.29 is 4.79 Å². The molecule has 2 heterocycles. The Morgan fingerprint density at radius 2 is 2.19 bits per heavy atom. The van der Waals surface area contributed by atoms with Gasteiger partial charge in [0.2, 0.25) is 0 Å². The Balaban J connectivity index is 1.50. The van der Waals surface area contributed by atoms with Crippen LogP contribution in [0.3, 0.4) is 0 Å². The molecular formula is C15H15N3OS2. The fraction of sp³-hybridized carbons (Fsp3) is 0.267. The van der Waals surface area contributed by atoms with Crippen LogP contribution in [-0.4, -0.2) is 22.4 Å². The zero-order chi connectivity index (χ0) is 14.7. The van der Waals surface area contributed by atoms with Gasteiger partial charge in [-0.2, -0.15) is 0 Å². The van der Waals surface area contributed by atoms with Crippen LogP contribution in [0.15, 0.2) is 29.8 Å². The monoisotopic (exact) mass is 317 g/mol. The summed E-state index contributed by atoms with van der Waals surface area (Å²) < 4.78 is 1.22. The lowest BCUT2D eigenvalue weighted by atomic mass is 10.3. The smallest absolute Gasteiger partial charge is 0.263 e. The van der Waals surface area contributed by atoms with E-state index in [1.54, 1.807) is 16.8 Å². The normalized spacial score (nSPS) is 10.9. The first-order chi connectivity index (χ1) is 10.2. The van der Waals surface area contributed by atoms with E-state index in [0.717, 1.165) is 29.1 Å². The van der Waals surface area contributed by atoms with E-state index in [1.807, 2.05) is 25.1 Å². The van der Waals surface area contributed by atoms with Gasteiger partial charge in [-0.3, -0.25) is 4.79 Å². The van der Waals surface area contributed by atoms with Crippen LogP contribution in [0.4, 0.5) is 0 Å². The lowest BCUT2D eigenvalue weighted by Gasteiger charge is -2.02. The maximum atomic E-state index is 11.9. The standard InChI is InChI=1S/C15H15N3OS2/c1-10-14(20-9-17-10)15(19)16-8-4-7-13-18-11-5-2-3-6-12(11)21-13/h2-3,5-6,9H,4,7-8H2,1H3,(H,16,19). The third-order valence-electron chi connectivity index (χ3n) is 3.14. The van der Waals surface area contributed by atoms with Crippen LogP contribution in [0.5, 0.6) is 0 Å². The molecule has 0 saturated carbocycles. The third kappa shape index (κ3) is 3.28. The van der Waals surface area contributed by atoms with E-state index in [1.165, 1.54) is 16.0 Å². The number of nitrogens with zero attached hydrogens (tertiary/aromatic N) is 2. The molecule has 3 rings (SSSR count). The number of amides is 1. The summed E-state index contributed by atoms with van der Waals surface area (Å²) in [5.41, 5.74) is 3.55. The highest BCUT2D eigenvalue weighted by molar-refractivity contribution is 7.18. The van der Waals surface area contributed by atoms with Crippen molar-refractivity contribution >= 4 is 38.8 Å². The summed E-state index contributed by atoms with van der Waals surface area (Å²) in [6, 6.07) is 8.15. The van der Waals surface area contributed by atoms with Gasteiger partial charge in [-0.05, 0) is 25.5 Å². The first-order valence-electron chi connectivity index (χ1n) is 6.77. The number of carbonyl (C=O) groups excluding carboxylic acids is 1. The minimum atomic E-state index is -0.0284. The van der Waals surface area contributed by atoms with Gasteiger partial charge in [0.25, 0.3) is 5.91 Å². The summed E-state index contributed by atoms with van der Waals surface area (Å²) in [6.07, 6.45) is 1.78. The number of hydrogen-bond donors (Lipinski definition) is 1. The highest BCUT2D eigenvalue weighted by Crippen LogP contribution is 2.22. The second-order valence-corrected chi connectivity index (χ2v) is 6.67. The molecule has 21 heavy (non-hydrogen) atoms. The van der Waals surface area contributed by atoms with Crippen molar-refractivity contribution in [2.45, 2.75) is 19.8 Å². The highest BCUT2D eigenvalue weighted by atomic mass is 32.1. The van der Waals surface area contributed by atoms with Crippen LogP contribution in [0, 0.1) is 6.92 Å². The molecule has 3 aromatic rings. The zero-order valence-electron chi connectivity index (χ0n) is 11.6. The summed E-state index contributed by atoms with van der Waals surface area (Å²) in [5, 5.41) is 4.06. The van der Waals surface area contributed by atoms with Crippen molar-refractivity contribution in [3.63, 3.8) is 0 Å². The van der Waals surface area contributed by atoms with Gasteiger partial charge >= 0.3 is 0 Å². The molecule has 0 aliphatic carbocycles. The molecule has 4 nitrogen and oxygen atoms in total. The van der Waals surface area contributed by atoms with Gasteiger partial charge in [0.05, 0.1) is 26.4 Å². The summed E-state index contributed by atoms with van der Waals surface area (Å²) >= 11 is 3.11. The number of benzene rings is 1. The second kappa shape index (κ2) is 6.32. The van der Waals surface area contributed by atoms with Crippen molar-refractivity contribution in [1.29, 1.82) is 0 Å². The lowest BCUT2D eigenvalue weighted by Crippen LogP contribution is -2.24. The summed E-state index contributed by atoms with van der Waals surface area (Å²) in [6.45, 7) is 2.51. The Labute approximate surface area is 130 Å². The van der Waals surface area contributed by atoms with Gasteiger partial charge in [-0.15, -0.1) is 22.7 Å². The molecule has 0 fully saturated rings. The van der Waals surface area contributed by atoms with Crippen molar-refractivity contribution in [3.05, 3.63) is 45.4 Å². The Morgan fingerprint density at radius 1 is 1.33 bits per heavy atom. The molecule has 0 bridgehead atoms. The molecule has 0 saturated heterocycles. The fourth-order valence-electron chi connectivity index (χ4n) is 2.07. The molecule has 108 valence electrons. The topological polar surface area (TPSA) is 54.9 Å². The number of aryl methyl sites for hydroxylation is 2. The number of thiazole rings is 2. The van der Waals surface area contributed by atoms with E-state index in [0.29, 0.717) is 11.4 Å². The molecule has 0 aliphatic heterocycles. The van der Waals surface area contributed by atoms with E-state index in [9.17, 15) is 4.79 Å². The van der Waals surface area contributed by atoms with Gasteiger partial charge in [0.1, 0.15) is 4.88 Å². The average molecular weight is 317 g/mol. The van der Waals surface area contributed by atoms with Crippen LogP contribution in [0.2, 0.25) is 0 Å². The Bertz CT molecular complexity index is 730. The van der Waals surface area contributed by atoms with E-state index in [2.05, 4.69) is 21.4 Å². The molecule has 0 radical (unpaired) electrons. The van der Waals surface area contributed by atoms with Gasteiger partial charge in [0.15, 0.2) is 0 Å². The second-order valence-electron chi connectivity index (χ2n) is 4.70. The van der Waals surface area contributed by atoms with Crippen molar-refractivity contribution in [3.8, 4) is 0 Å². The predicted molar refractivity (Wildman–Crippen MR) is 87.1 cm³/mol. The number of aromatic nitrogens is 2. The molecule has 1 aromatic carbocycles. The molecule has 0 unspecified atom stereocenters. The van der Waals surface area contributed by atoms with Crippen molar-refractivity contribution in [2.75, 3.05) is 6.54 Å². The summed E-state index contributed by atoms with van der Waals surface area (Å²) in [5.74, 6) is -0.0284. The largest absolute Gasteiger partial charge is 0.351 e. The third-order valence-corrected chi connectivity index (χ3v) is 5.17. The van der Waals surface area contributed by atoms with Gasteiger partial charge < -0.3 is 5.32 Å². The van der Waals surface area contributed by atoms with Crippen LogP contribution in [-0.2, 0) is 6.42 Å². The minimum Gasteiger partial charge on any atom is -0.351 e. The molecule has 1 amide bonds. The lowest BCUT2D eigenvalue weighted by molar-refractivity contribution is 0.0956. The Hall–Kier alpha value is -1.79. The molecule has 2 aromatic heterocycles. The minimum absolute atomic E-state index is 0.0284. The molecular weight excluding hydrogens is 302 g/mol. The Morgan fingerprint density at radius 3 is 2.95 bits per heavy atom. The molecule has 0 aliphatic rings. The van der Waals surface area contributed by atoms with E-state index >= 15 is 0 Å². The highest BCUT2D eigenvalue weighted by Gasteiger charge is 2.10. The quantitative estimate of drug-likeness (QED) is 0.734. The van der Waals surface area contributed by atoms with Gasteiger partial charge in [-0.25, -0.2) is 9.97 Å². The summed E-state index contributed by atoms with van der Waals surface area (Å²) in [7, 11) is 0. The zero-order valence-corrected chi connectivity index (χ0v) is 13.3. The van der Waals surface area contributed by atoms with Crippen LogP contribution in [0.25, 0.3) is 10.2 Å². The van der Waals surface area contributed by atoms with Crippen molar-refractivity contribution in [1.82, 2.24) is 15.3 Å². The maximum absolute atomic E-state index is 11.9. The number of hydrogen-bond acceptors (Lipinski definition) is 5. The fourth-order valence-corrected chi connectivity index (χ4v) is 3.80. The van der Waals surface area contributed by atoms with Gasteiger partial charge in [0, 0.05) is 13.0 Å².